The molecule has 2 aromatic rings. The Morgan fingerprint density at radius 3 is 2.04 bits per heavy atom. The molecule has 126 valence electrons. The van der Waals surface area contributed by atoms with Crippen molar-refractivity contribution in [3.05, 3.63) is 58.1 Å². The number of ketones is 2. The molecule has 0 heterocycles. The van der Waals surface area contributed by atoms with Crippen LogP contribution in [0.3, 0.4) is 0 Å². The van der Waals surface area contributed by atoms with E-state index in [0.29, 0.717) is 5.56 Å². The predicted molar refractivity (Wildman–Crippen MR) is 87.1 cm³/mol. The maximum atomic E-state index is 13.0. The number of ether oxygens (including phenoxy) is 2. The fraction of sp³-hybridized carbons (Fsp3) is 0.158. The van der Waals surface area contributed by atoms with Crippen LogP contribution in [-0.4, -0.2) is 23.5 Å². The topological polar surface area (TPSA) is 86.7 Å². The van der Waals surface area contributed by atoms with Gasteiger partial charge >= 0.3 is 11.9 Å². The van der Waals surface area contributed by atoms with Crippen LogP contribution in [0.1, 0.15) is 51.3 Å². The Hall–Kier alpha value is -3.28. The lowest BCUT2D eigenvalue weighted by molar-refractivity contribution is -0.132. The van der Waals surface area contributed by atoms with E-state index in [2.05, 4.69) is 0 Å². The predicted octanol–water partition coefficient (Wildman–Crippen LogP) is 2.62. The van der Waals surface area contributed by atoms with Gasteiger partial charge in [0.25, 0.3) is 0 Å². The largest absolute Gasteiger partial charge is 0.426 e. The minimum atomic E-state index is -0.594. The zero-order valence-electron chi connectivity index (χ0n) is 13.8. The van der Waals surface area contributed by atoms with Gasteiger partial charge in [-0.25, -0.2) is 0 Å². The van der Waals surface area contributed by atoms with E-state index in [4.69, 9.17) is 9.47 Å². The van der Waals surface area contributed by atoms with Gasteiger partial charge < -0.3 is 9.47 Å². The third-order valence-corrected chi connectivity index (χ3v) is 3.82. The first-order chi connectivity index (χ1) is 11.8. The van der Waals surface area contributed by atoms with Gasteiger partial charge in [-0.3, -0.25) is 19.2 Å². The minimum Gasteiger partial charge on any atom is -0.426 e. The van der Waals surface area contributed by atoms with Crippen molar-refractivity contribution in [2.24, 2.45) is 0 Å². The maximum absolute atomic E-state index is 13.0. The van der Waals surface area contributed by atoms with Crippen molar-refractivity contribution in [3.63, 3.8) is 0 Å². The number of carbonyl (C=O) groups is 4. The lowest BCUT2D eigenvalue weighted by Gasteiger charge is -2.22. The van der Waals surface area contributed by atoms with Gasteiger partial charge in [-0.15, -0.1) is 0 Å². The first kappa shape index (κ1) is 16.6. The summed E-state index contributed by atoms with van der Waals surface area (Å²) < 4.78 is 10.2. The molecule has 0 N–H and O–H groups in total. The van der Waals surface area contributed by atoms with Crippen LogP contribution < -0.4 is 9.47 Å². The van der Waals surface area contributed by atoms with E-state index in [1.807, 2.05) is 0 Å². The van der Waals surface area contributed by atoms with Gasteiger partial charge in [0.1, 0.15) is 11.5 Å². The first-order valence-corrected chi connectivity index (χ1v) is 7.54. The zero-order chi connectivity index (χ0) is 18.3. The summed E-state index contributed by atoms with van der Waals surface area (Å²) in [6, 6.07) is 7.56. The van der Waals surface area contributed by atoms with Crippen LogP contribution in [0.2, 0.25) is 0 Å². The van der Waals surface area contributed by atoms with Gasteiger partial charge in [-0.2, -0.15) is 0 Å². The summed E-state index contributed by atoms with van der Waals surface area (Å²) in [5.74, 6) is -2.00. The standard InChI is InChI=1S/C19H14O6/c1-9-7-8-13-16(19(9)25-11(3)21)18(23)12-5-4-6-14(24-10(2)20)15(12)17(13)22/h4-8H,1-3H3. The quantitative estimate of drug-likeness (QED) is 0.527. The van der Waals surface area contributed by atoms with Gasteiger partial charge in [0, 0.05) is 25.0 Å². The molecule has 0 amide bonds. The summed E-state index contributed by atoms with van der Waals surface area (Å²) in [6.45, 7) is 4.12. The monoisotopic (exact) mass is 338 g/mol. The minimum absolute atomic E-state index is 0.0311. The average Bonchev–Trinajstić information content (AvgIpc) is 2.53. The smallest absolute Gasteiger partial charge is 0.308 e. The molecule has 6 nitrogen and oxygen atoms in total. The Bertz CT molecular complexity index is 955. The molecular weight excluding hydrogens is 324 g/mol. The molecule has 0 unspecified atom stereocenters. The summed E-state index contributed by atoms with van der Waals surface area (Å²) >= 11 is 0. The second kappa shape index (κ2) is 5.98. The highest BCUT2D eigenvalue weighted by Gasteiger charge is 2.35. The molecule has 2 aromatic carbocycles. The Morgan fingerprint density at radius 1 is 0.800 bits per heavy atom. The highest BCUT2D eigenvalue weighted by Crippen LogP contribution is 2.38. The van der Waals surface area contributed by atoms with Crippen LogP contribution in [0.5, 0.6) is 11.5 Å². The van der Waals surface area contributed by atoms with E-state index in [-0.39, 0.29) is 33.8 Å². The lowest BCUT2D eigenvalue weighted by atomic mass is 9.82. The van der Waals surface area contributed by atoms with Crippen molar-refractivity contribution >= 4 is 23.5 Å². The number of hydrogen-bond acceptors (Lipinski definition) is 6. The summed E-state index contributed by atoms with van der Waals surface area (Å²) in [6.07, 6.45) is 0. The van der Waals surface area contributed by atoms with Crippen LogP contribution in [0.15, 0.2) is 30.3 Å². The molecule has 0 atom stereocenters. The molecule has 6 heteroatoms. The van der Waals surface area contributed by atoms with Crippen molar-refractivity contribution in [1.29, 1.82) is 0 Å². The van der Waals surface area contributed by atoms with Gasteiger partial charge in [-0.1, -0.05) is 18.2 Å². The van der Waals surface area contributed by atoms with Gasteiger partial charge in [-0.05, 0) is 24.6 Å². The van der Waals surface area contributed by atoms with E-state index >= 15 is 0 Å². The number of aryl methyl sites for hydroxylation is 1. The Balaban J connectivity index is 2.26. The van der Waals surface area contributed by atoms with E-state index in [9.17, 15) is 19.2 Å². The maximum Gasteiger partial charge on any atom is 0.308 e. The van der Waals surface area contributed by atoms with E-state index in [1.165, 1.54) is 38.1 Å². The zero-order valence-corrected chi connectivity index (χ0v) is 13.8. The lowest BCUT2D eigenvalue weighted by Crippen LogP contribution is -2.24. The number of esters is 2. The second-order valence-electron chi connectivity index (χ2n) is 5.66. The van der Waals surface area contributed by atoms with Crippen LogP contribution in [-0.2, 0) is 9.59 Å². The van der Waals surface area contributed by atoms with E-state index < -0.39 is 23.5 Å². The fourth-order valence-corrected chi connectivity index (χ4v) is 2.84. The molecule has 3 rings (SSSR count). The third-order valence-electron chi connectivity index (χ3n) is 3.82. The van der Waals surface area contributed by atoms with Crippen molar-refractivity contribution < 1.29 is 28.7 Å². The Labute approximate surface area is 143 Å². The highest BCUT2D eigenvalue weighted by molar-refractivity contribution is 6.30. The van der Waals surface area contributed by atoms with Crippen LogP contribution >= 0.6 is 0 Å². The van der Waals surface area contributed by atoms with Gasteiger partial charge in [0.2, 0.25) is 0 Å². The normalized spacial score (nSPS) is 12.3. The Morgan fingerprint density at radius 2 is 1.40 bits per heavy atom. The molecule has 0 saturated heterocycles. The Kier molecular flexibility index (Phi) is 3.96. The number of carbonyl (C=O) groups excluding carboxylic acids is 4. The number of benzene rings is 2. The second-order valence-corrected chi connectivity index (χ2v) is 5.66. The van der Waals surface area contributed by atoms with Crippen LogP contribution in [0, 0.1) is 6.92 Å². The molecule has 0 bridgehead atoms. The van der Waals surface area contributed by atoms with E-state index in [0.717, 1.165) is 0 Å². The van der Waals surface area contributed by atoms with Gasteiger partial charge in [0.05, 0.1) is 11.1 Å². The van der Waals surface area contributed by atoms with Crippen molar-refractivity contribution in [2.45, 2.75) is 20.8 Å². The molecule has 0 radical (unpaired) electrons. The SMILES string of the molecule is CC(=O)Oc1cccc2c1C(=O)c1ccc(C)c(OC(C)=O)c1C2=O. The molecule has 0 saturated carbocycles. The average molecular weight is 338 g/mol. The fourth-order valence-electron chi connectivity index (χ4n) is 2.84. The van der Waals surface area contributed by atoms with Crippen LogP contribution in [0.25, 0.3) is 0 Å². The summed E-state index contributed by atoms with van der Waals surface area (Å²) in [4.78, 5) is 48.5. The highest BCUT2D eigenvalue weighted by atomic mass is 16.5. The van der Waals surface area contributed by atoms with Gasteiger partial charge in [0.15, 0.2) is 11.6 Å². The molecule has 0 spiro atoms. The van der Waals surface area contributed by atoms with Crippen molar-refractivity contribution in [3.8, 4) is 11.5 Å². The van der Waals surface area contributed by atoms with E-state index in [1.54, 1.807) is 13.0 Å². The third kappa shape index (κ3) is 2.71. The van der Waals surface area contributed by atoms with Crippen molar-refractivity contribution in [2.75, 3.05) is 0 Å². The molecule has 0 aromatic heterocycles. The first-order valence-electron chi connectivity index (χ1n) is 7.54. The molecular formula is C19H14O6. The molecule has 0 fully saturated rings. The number of hydrogen-bond donors (Lipinski definition) is 0. The summed E-state index contributed by atoms with van der Waals surface area (Å²) in [5.41, 5.74) is 0.865. The molecule has 1 aliphatic rings. The molecule has 0 aliphatic heterocycles. The number of fused-ring (bicyclic) bond motifs is 2. The summed E-state index contributed by atoms with van der Waals surface area (Å²) in [7, 11) is 0. The molecule has 1 aliphatic carbocycles. The van der Waals surface area contributed by atoms with Crippen molar-refractivity contribution in [1.82, 2.24) is 0 Å². The number of rotatable bonds is 2. The van der Waals surface area contributed by atoms with Crippen LogP contribution in [0.4, 0.5) is 0 Å². The molecule has 25 heavy (non-hydrogen) atoms. The summed E-state index contributed by atoms with van der Waals surface area (Å²) in [5, 5.41) is 0.